The third-order valence-electron chi connectivity index (χ3n) is 5.38. The fraction of sp³-hybridized carbons (Fsp3) is 0.120. The fourth-order valence-electron chi connectivity index (χ4n) is 3.84. The number of benzene rings is 3. The first kappa shape index (κ1) is 20.2. The second-order valence-corrected chi connectivity index (χ2v) is 9.05. The fourth-order valence-corrected chi connectivity index (χ4v) is 5.08. The van der Waals surface area contributed by atoms with Crippen molar-refractivity contribution in [3.05, 3.63) is 87.2 Å². The lowest BCUT2D eigenvalue weighted by molar-refractivity contribution is -0.0175. The summed E-state index contributed by atoms with van der Waals surface area (Å²) in [5.74, 6) is 1.30. The standard InChI is InChI=1S/C25H16ClNO5S/c26-17-7-15-11-29-13-31-23(15)16(8-17)12-30-18-6-5-14-9-19(25(28)32-21(14)10-18)24-27-20-3-1-2-4-22(20)33-24/h1-10H,11-13H2. The number of para-hydroxylation sites is 1. The molecule has 0 saturated heterocycles. The molecule has 1 aliphatic heterocycles. The van der Waals surface area contributed by atoms with Crippen molar-refractivity contribution in [1.29, 1.82) is 0 Å². The smallest absolute Gasteiger partial charge is 0.346 e. The largest absolute Gasteiger partial charge is 0.489 e. The molecule has 6 nitrogen and oxygen atoms in total. The molecule has 2 aromatic heterocycles. The first-order valence-electron chi connectivity index (χ1n) is 10.2. The Bertz CT molecular complexity index is 1540. The molecule has 164 valence electrons. The molecule has 6 rings (SSSR count). The highest BCUT2D eigenvalue weighted by molar-refractivity contribution is 7.21. The lowest BCUT2D eigenvalue weighted by Crippen LogP contribution is -2.14. The number of ether oxygens (including phenoxy) is 3. The normalized spacial score (nSPS) is 13.1. The summed E-state index contributed by atoms with van der Waals surface area (Å²) in [6.07, 6.45) is 0. The highest BCUT2D eigenvalue weighted by Gasteiger charge is 2.17. The number of nitrogens with zero attached hydrogens (tertiary/aromatic N) is 1. The van der Waals surface area contributed by atoms with E-state index in [1.54, 1.807) is 6.07 Å². The van der Waals surface area contributed by atoms with E-state index in [-0.39, 0.29) is 13.4 Å². The van der Waals surface area contributed by atoms with E-state index >= 15 is 0 Å². The minimum atomic E-state index is -0.434. The molecule has 0 atom stereocenters. The Hall–Kier alpha value is -3.39. The van der Waals surface area contributed by atoms with Gasteiger partial charge in [0.05, 0.1) is 22.4 Å². The first-order valence-corrected chi connectivity index (χ1v) is 11.4. The third kappa shape index (κ3) is 3.84. The van der Waals surface area contributed by atoms with Crippen LogP contribution in [0.4, 0.5) is 0 Å². The molecule has 8 heteroatoms. The molecule has 0 spiro atoms. The van der Waals surface area contributed by atoms with Gasteiger partial charge in [-0.25, -0.2) is 9.78 Å². The number of rotatable bonds is 4. The number of thiazole rings is 1. The van der Waals surface area contributed by atoms with Gasteiger partial charge in [0.2, 0.25) is 0 Å². The average Bonchev–Trinajstić information content (AvgIpc) is 3.26. The summed E-state index contributed by atoms with van der Waals surface area (Å²) in [4.78, 5) is 17.3. The summed E-state index contributed by atoms with van der Waals surface area (Å²) in [5.41, 5.74) is 3.03. The van der Waals surface area contributed by atoms with Crippen molar-refractivity contribution >= 4 is 44.1 Å². The Morgan fingerprint density at radius 2 is 2.00 bits per heavy atom. The predicted molar refractivity (Wildman–Crippen MR) is 127 cm³/mol. The maximum absolute atomic E-state index is 12.7. The van der Waals surface area contributed by atoms with Crippen LogP contribution in [-0.4, -0.2) is 11.8 Å². The molecule has 5 aromatic rings. The van der Waals surface area contributed by atoms with Gasteiger partial charge in [-0.05, 0) is 42.5 Å². The number of aromatic nitrogens is 1. The monoisotopic (exact) mass is 477 g/mol. The summed E-state index contributed by atoms with van der Waals surface area (Å²) in [6, 6.07) is 18.7. The van der Waals surface area contributed by atoms with Crippen LogP contribution in [0.15, 0.2) is 69.9 Å². The van der Waals surface area contributed by atoms with Crippen LogP contribution >= 0.6 is 22.9 Å². The summed E-state index contributed by atoms with van der Waals surface area (Å²) >= 11 is 7.70. The molecule has 0 radical (unpaired) electrons. The summed E-state index contributed by atoms with van der Waals surface area (Å²) in [5, 5.41) is 2.02. The predicted octanol–water partition coefficient (Wildman–Crippen LogP) is 6.17. The number of hydrogen-bond acceptors (Lipinski definition) is 7. The van der Waals surface area contributed by atoms with Crippen LogP contribution in [0, 0.1) is 0 Å². The van der Waals surface area contributed by atoms with Gasteiger partial charge in [0.1, 0.15) is 28.7 Å². The van der Waals surface area contributed by atoms with Gasteiger partial charge in [-0.15, -0.1) is 11.3 Å². The third-order valence-corrected chi connectivity index (χ3v) is 6.67. The van der Waals surface area contributed by atoms with Crippen LogP contribution in [0.5, 0.6) is 11.5 Å². The Morgan fingerprint density at radius 3 is 2.91 bits per heavy atom. The molecule has 3 heterocycles. The van der Waals surface area contributed by atoms with Crippen molar-refractivity contribution in [1.82, 2.24) is 4.98 Å². The summed E-state index contributed by atoms with van der Waals surface area (Å²) in [6.45, 7) is 0.892. The van der Waals surface area contributed by atoms with E-state index in [4.69, 9.17) is 30.2 Å². The molecular formula is C25H16ClNO5S. The van der Waals surface area contributed by atoms with E-state index in [0.29, 0.717) is 33.5 Å². The van der Waals surface area contributed by atoms with E-state index in [1.807, 2.05) is 54.6 Å². The summed E-state index contributed by atoms with van der Waals surface area (Å²) < 4.78 is 23.6. The van der Waals surface area contributed by atoms with Crippen LogP contribution in [0.2, 0.25) is 5.02 Å². The average molecular weight is 478 g/mol. The zero-order valence-electron chi connectivity index (χ0n) is 17.2. The van der Waals surface area contributed by atoms with Crippen LogP contribution in [0.3, 0.4) is 0 Å². The van der Waals surface area contributed by atoms with Gasteiger partial charge in [0, 0.05) is 27.6 Å². The molecule has 33 heavy (non-hydrogen) atoms. The maximum atomic E-state index is 12.7. The van der Waals surface area contributed by atoms with E-state index in [0.717, 1.165) is 32.5 Å². The van der Waals surface area contributed by atoms with E-state index < -0.39 is 5.63 Å². The zero-order valence-corrected chi connectivity index (χ0v) is 18.7. The van der Waals surface area contributed by atoms with E-state index in [2.05, 4.69) is 4.98 Å². The van der Waals surface area contributed by atoms with Crippen LogP contribution < -0.4 is 15.1 Å². The molecule has 0 amide bonds. The van der Waals surface area contributed by atoms with Gasteiger partial charge in [0.25, 0.3) is 0 Å². The van der Waals surface area contributed by atoms with Crippen molar-refractivity contribution in [2.45, 2.75) is 13.2 Å². The molecule has 0 N–H and O–H groups in total. The molecule has 0 saturated carbocycles. The van der Waals surface area contributed by atoms with Gasteiger partial charge >= 0.3 is 5.63 Å². The van der Waals surface area contributed by atoms with Crippen molar-refractivity contribution < 1.29 is 18.6 Å². The van der Waals surface area contributed by atoms with Crippen LogP contribution in [-0.2, 0) is 18.0 Å². The lowest BCUT2D eigenvalue weighted by Gasteiger charge is -2.21. The second-order valence-electron chi connectivity index (χ2n) is 7.59. The van der Waals surface area contributed by atoms with Crippen molar-refractivity contribution in [3.63, 3.8) is 0 Å². The maximum Gasteiger partial charge on any atom is 0.346 e. The minimum absolute atomic E-state index is 0.194. The quantitative estimate of drug-likeness (QED) is 0.288. The number of halogens is 1. The van der Waals surface area contributed by atoms with E-state index in [9.17, 15) is 4.79 Å². The molecular weight excluding hydrogens is 462 g/mol. The van der Waals surface area contributed by atoms with Crippen molar-refractivity contribution in [2.24, 2.45) is 0 Å². The Kier molecular flexibility index (Phi) is 5.02. The van der Waals surface area contributed by atoms with Crippen LogP contribution in [0.1, 0.15) is 11.1 Å². The summed E-state index contributed by atoms with van der Waals surface area (Å²) in [7, 11) is 0. The Labute approximate surface area is 196 Å². The lowest BCUT2D eigenvalue weighted by atomic mass is 10.1. The molecule has 3 aromatic carbocycles. The number of fused-ring (bicyclic) bond motifs is 3. The minimum Gasteiger partial charge on any atom is -0.489 e. The highest BCUT2D eigenvalue weighted by atomic mass is 35.5. The molecule has 1 aliphatic rings. The topological polar surface area (TPSA) is 70.8 Å². The van der Waals surface area contributed by atoms with Crippen molar-refractivity contribution in [2.75, 3.05) is 6.79 Å². The zero-order chi connectivity index (χ0) is 22.4. The van der Waals surface area contributed by atoms with Gasteiger partial charge < -0.3 is 18.6 Å². The van der Waals surface area contributed by atoms with Gasteiger partial charge in [-0.1, -0.05) is 23.7 Å². The SMILES string of the molecule is O=c1oc2cc(OCc3cc(Cl)cc4c3OCOC4)ccc2cc1-c1nc2ccccc2s1. The number of hydrogen-bond donors (Lipinski definition) is 0. The highest BCUT2D eigenvalue weighted by Crippen LogP contribution is 2.33. The molecule has 0 aliphatic carbocycles. The molecule has 0 unspecified atom stereocenters. The van der Waals surface area contributed by atoms with Crippen molar-refractivity contribution in [3.8, 4) is 22.1 Å². The Balaban J connectivity index is 1.30. The molecule has 0 fully saturated rings. The van der Waals surface area contributed by atoms with Gasteiger partial charge in [0.15, 0.2) is 6.79 Å². The molecule has 0 bridgehead atoms. The van der Waals surface area contributed by atoms with Gasteiger partial charge in [-0.3, -0.25) is 0 Å². The van der Waals surface area contributed by atoms with Gasteiger partial charge in [-0.2, -0.15) is 0 Å². The van der Waals surface area contributed by atoms with E-state index in [1.165, 1.54) is 11.3 Å². The Morgan fingerprint density at radius 1 is 1.09 bits per heavy atom. The van der Waals surface area contributed by atoms with Crippen LogP contribution in [0.25, 0.3) is 31.8 Å². The first-order chi connectivity index (χ1) is 16.1. The second kappa shape index (κ2) is 8.19.